The van der Waals surface area contributed by atoms with E-state index in [0.29, 0.717) is 12.1 Å². The van der Waals surface area contributed by atoms with E-state index in [4.69, 9.17) is 5.11 Å². The Kier molecular flexibility index (Phi) is 3.44. The van der Waals surface area contributed by atoms with Gasteiger partial charge in [-0.1, -0.05) is 37.3 Å². The second-order valence-electron chi connectivity index (χ2n) is 4.96. The zero-order chi connectivity index (χ0) is 14.8. The van der Waals surface area contributed by atoms with Crippen LogP contribution in [-0.4, -0.2) is 20.6 Å². The Morgan fingerprint density at radius 3 is 2.62 bits per heavy atom. The SMILES string of the molecule is CCc1nc2ccc(C(=O)O)cc2n1Cc1ccccc1. The molecule has 1 N–H and O–H groups in total. The molecule has 0 unspecified atom stereocenters. The fourth-order valence-electron chi connectivity index (χ4n) is 2.52. The highest BCUT2D eigenvalue weighted by Gasteiger charge is 2.12. The first-order valence-corrected chi connectivity index (χ1v) is 6.95. The summed E-state index contributed by atoms with van der Waals surface area (Å²) in [6.07, 6.45) is 0.809. The zero-order valence-corrected chi connectivity index (χ0v) is 11.8. The molecule has 0 radical (unpaired) electrons. The number of imidazole rings is 1. The van der Waals surface area contributed by atoms with Crippen molar-refractivity contribution in [3.63, 3.8) is 0 Å². The Balaban J connectivity index is 2.14. The van der Waals surface area contributed by atoms with Gasteiger partial charge in [-0.05, 0) is 23.8 Å². The molecule has 106 valence electrons. The lowest BCUT2D eigenvalue weighted by Gasteiger charge is -2.08. The molecule has 0 atom stereocenters. The topological polar surface area (TPSA) is 55.1 Å². The van der Waals surface area contributed by atoms with Crippen molar-refractivity contribution in [2.45, 2.75) is 19.9 Å². The summed E-state index contributed by atoms with van der Waals surface area (Å²) in [5, 5.41) is 9.16. The van der Waals surface area contributed by atoms with E-state index < -0.39 is 5.97 Å². The highest BCUT2D eigenvalue weighted by Crippen LogP contribution is 2.20. The first kappa shape index (κ1) is 13.4. The average molecular weight is 280 g/mol. The molecule has 3 aromatic rings. The van der Waals surface area contributed by atoms with Crippen LogP contribution >= 0.6 is 0 Å². The minimum absolute atomic E-state index is 0.291. The number of rotatable bonds is 4. The number of carboxylic acids is 1. The van der Waals surface area contributed by atoms with Gasteiger partial charge in [0, 0.05) is 13.0 Å². The number of carboxylic acid groups (broad SMARTS) is 1. The molecular formula is C17H16N2O2. The summed E-state index contributed by atoms with van der Waals surface area (Å²) in [6, 6.07) is 15.2. The number of aryl methyl sites for hydroxylation is 1. The Hall–Kier alpha value is -2.62. The van der Waals surface area contributed by atoms with Crippen molar-refractivity contribution in [1.29, 1.82) is 0 Å². The molecule has 4 heteroatoms. The molecule has 0 fully saturated rings. The molecule has 2 aromatic carbocycles. The van der Waals surface area contributed by atoms with Gasteiger partial charge in [-0.15, -0.1) is 0 Å². The average Bonchev–Trinajstić information content (AvgIpc) is 2.85. The second kappa shape index (κ2) is 5.40. The van der Waals surface area contributed by atoms with Crippen LogP contribution in [0.2, 0.25) is 0 Å². The molecule has 0 aliphatic rings. The number of hydrogen-bond donors (Lipinski definition) is 1. The van der Waals surface area contributed by atoms with E-state index in [9.17, 15) is 4.79 Å². The first-order chi connectivity index (χ1) is 10.2. The normalized spacial score (nSPS) is 10.9. The molecule has 1 heterocycles. The van der Waals surface area contributed by atoms with Crippen LogP contribution in [0.1, 0.15) is 28.7 Å². The number of benzene rings is 2. The predicted molar refractivity (Wildman–Crippen MR) is 81.6 cm³/mol. The standard InChI is InChI=1S/C17H16N2O2/c1-2-16-18-14-9-8-13(17(20)21)10-15(14)19(16)11-12-6-4-3-5-7-12/h3-10H,2,11H2,1H3,(H,20,21). The molecular weight excluding hydrogens is 264 g/mol. The lowest BCUT2D eigenvalue weighted by Crippen LogP contribution is -2.05. The minimum atomic E-state index is -0.914. The van der Waals surface area contributed by atoms with Crippen molar-refractivity contribution in [2.24, 2.45) is 0 Å². The molecule has 0 saturated carbocycles. The maximum Gasteiger partial charge on any atom is 0.335 e. The van der Waals surface area contributed by atoms with Gasteiger partial charge in [-0.3, -0.25) is 0 Å². The number of hydrogen-bond acceptors (Lipinski definition) is 2. The van der Waals surface area contributed by atoms with Gasteiger partial charge in [0.05, 0.1) is 16.6 Å². The summed E-state index contributed by atoms with van der Waals surface area (Å²) < 4.78 is 2.09. The van der Waals surface area contributed by atoms with Crippen molar-refractivity contribution < 1.29 is 9.90 Å². The van der Waals surface area contributed by atoms with Gasteiger partial charge >= 0.3 is 5.97 Å². The predicted octanol–water partition coefficient (Wildman–Crippen LogP) is 3.35. The number of nitrogens with zero attached hydrogens (tertiary/aromatic N) is 2. The van der Waals surface area contributed by atoms with Crippen LogP contribution in [0.4, 0.5) is 0 Å². The second-order valence-corrected chi connectivity index (χ2v) is 4.96. The van der Waals surface area contributed by atoms with Crippen LogP contribution in [0.5, 0.6) is 0 Å². The lowest BCUT2D eigenvalue weighted by molar-refractivity contribution is 0.0697. The Bertz CT molecular complexity index is 791. The van der Waals surface area contributed by atoms with Crippen LogP contribution in [0.25, 0.3) is 11.0 Å². The number of aromatic carboxylic acids is 1. The Labute approximate surface area is 122 Å². The highest BCUT2D eigenvalue weighted by atomic mass is 16.4. The van der Waals surface area contributed by atoms with E-state index in [2.05, 4.69) is 28.6 Å². The maximum absolute atomic E-state index is 11.2. The summed E-state index contributed by atoms with van der Waals surface area (Å²) in [5.41, 5.74) is 3.18. The largest absolute Gasteiger partial charge is 0.478 e. The minimum Gasteiger partial charge on any atom is -0.478 e. The van der Waals surface area contributed by atoms with Crippen LogP contribution < -0.4 is 0 Å². The molecule has 0 aliphatic carbocycles. The van der Waals surface area contributed by atoms with Crippen LogP contribution in [0.3, 0.4) is 0 Å². The van der Waals surface area contributed by atoms with Crippen molar-refractivity contribution in [2.75, 3.05) is 0 Å². The Morgan fingerprint density at radius 2 is 1.95 bits per heavy atom. The lowest BCUT2D eigenvalue weighted by atomic mass is 10.2. The molecule has 0 saturated heterocycles. The van der Waals surface area contributed by atoms with Gasteiger partial charge in [0.2, 0.25) is 0 Å². The van der Waals surface area contributed by atoms with Gasteiger partial charge in [0.15, 0.2) is 0 Å². The number of carbonyl (C=O) groups is 1. The quantitative estimate of drug-likeness (QED) is 0.797. The summed E-state index contributed by atoms with van der Waals surface area (Å²) in [5.74, 6) is 0.0544. The van der Waals surface area contributed by atoms with Crippen molar-refractivity contribution in [3.05, 3.63) is 65.5 Å². The maximum atomic E-state index is 11.2. The fraction of sp³-hybridized carbons (Fsp3) is 0.176. The zero-order valence-electron chi connectivity index (χ0n) is 11.8. The molecule has 0 bridgehead atoms. The van der Waals surface area contributed by atoms with Gasteiger partial charge in [-0.2, -0.15) is 0 Å². The van der Waals surface area contributed by atoms with Crippen molar-refractivity contribution in [1.82, 2.24) is 9.55 Å². The van der Waals surface area contributed by atoms with E-state index in [1.807, 2.05) is 18.2 Å². The number of aromatic nitrogens is 2. The third-order valence-electron chi connectivity index (χ3n) is 3.57. The van der Waals surface area contributed by atoms with Crippen LogP contribution in [0, 0.1) is 0 Å². The molecule has 0 aliphatic heterocycles. The van der Waals surface area contributed by atoms with E-state index in [0.717, 1.165) is 23.3 Å². The van der Waals surface area contributed by atoms with Gasteiger partial charge in [0.25, 0.3) is 0 Å². The van der Waals surface area contributed by atoms with Gasteiger partial charge in [-0.25, -0.2) is 9.78 Å². The molecule has 0 spiro atoms. The van der Waals surface area contributed by atoms with Gasteiger partial charge < -0.3 is 9.67 Å². The van der Waals surface area contributed by atoms with Crippen molar-refractivity contribution in [3.8, 4) is 0 Å². The number of fused-ring (bicyclic) bond motifs is 1. The highest BCUT2D eigenvalue weighted by molar-refractivity contribution is 5.92. The molecule has 3 rings (SSSR count). The third-order valence-corrected chi connectivity index (χ3v) is 3.57. The van der Waals surface area contributed by atoms with Crippen molar-refractivity contribution >= 4 is 17.0 Å². The van der Waals surface area contributed by atoms with Crippen LogP contribution in [0.15, 0.2) is 48.5 Å². The summed E-state index contributed by atoms with van der Waals surface area (Å²) in [6.45, 7) is 2.75. The third kappa shape index (κ3) is 2.52. The van der Waals surface area contributed by atoms with E-state index >= 15 is 0 Å². The molecule has 1 aromatic heterocycles. The summed E-state index contributed by atoms with van der Waals surface area (Å²) in [7, 11) is 0. The van der Waals surface area contributed by atoms with E-state index in [1.165, 1.54) is 5.56 Å². The summed E-state index contributed by atoms with van der Waals surface area (Å²) >= 11 is 0. The van der Waals surface area contributed by atoms with E-state index in [-0.39, 0.29) is 0 Å². The van der Waals surface area contributed by atoms with Crippen LogP contribution in [-0.2, 0) is 13.0 Å². The fourth-order valence-corrected chi connectivity index (χ4v) is 2.52. The monoisotopic (exact) mass is 280 g/mol. The van der Waals surface area contributed by atoms with Gasteiger partial charge in [0.1, 0.15) is 5.82 Å². The Morgan fingerprint density at radius 1 is 1.19 bits per heavy atom. The van der Waals surface area contributed by atoms with E-state index in [1.54, 1.807) is 18.2 Å². The summed E-state index contributed by atoms with van der Waals surface area (Å²) in [4.78, 5) is 15.8. The first-order valence-electron chi connectivity index (χ1n) is 6.95. The molecule has 4 nitrogen and oxygen atoms in total. The molecule has 21 heavy (non-hydrogen) atoms. The molecule has 0 amide bonds. The smallest absolute Gasteiger partial charge is 0.335 e.